The lowest BCUT2D eigenvalue weighted by Crippen LogP contribution is -2.26. The van der Waals surface area contributed by atoms with Crippen LogP contribution in [0.15, 0.2) is 42.6 Å². The average Bonchev–Trinajstić information content (AvgIpc) is 2.91. The summed E-state index contributed by atoms with van der Waals surface area (Å²) in [6, 6.07) is 11.1. The van der Waals surface area contributed by atoms with Crippen molar-refractivity contribution in [3.8, 4) is 0 Å². The van der Waals surface area contributed by atoms with Gasteiger partial charge >= 0.3 is 0 Å². The van der Waals surface area contributed by atoms with Crippen LogP contribution in [0.5, 0.6) is 0 Å². The minimum absolute atomic E-state index is 0.137. The molecule has 0 saturated heterocycles. The number of nitrogens with one attached hydrogen (secondary N) is 1. The zero-order chi connectivity index (χ0) is 16.6. The summed E-state index contributed by atoms with van der Waals surface area (Å²) in [6.07, 6.45) is 1.87. The Kier molecular flexibility index (Phi) is 4.09. The molecule has 4 nitrogen and oxygen atoms in total. The highest BCUT2D eigenvalue weighted by Gasteiger charge is 2.17. The Bertz CT molecular complexity index is 885. The highest BCUT2D eigenvalue weighted by Crippen LogP contribution is 2.19. The van der Waals surface area contributed by atoms with Crippen LogP contribution in [0.4, 0.5) is 0 Å². The van der Waals surface area contributed by atoms with Crippen LogP contribution in [-0.4, -0.2) is 15.3 Å². The first-order chi connectivity index (χ1) is 11.0. The van der Waals surface area contributed by atoms with Crippen molar-refractivity contribution < 1.29 is 4.79 Å². The molecule has 1 amide bonds. The molecular weight excluding hydrogens is 310 g/mol. The Balaban J connectivity index is 1.89. The second-order valence-corrected chi connectivity index (χ2v) is 6.15. The molecule has 118 valence electrons. The number of nitrogens with zero attached hydrogens (tertiary/aromatic N) is 2. The van der Waals surface area contributed by atoms with Crippen molar-refractivity contribution >= 4 is 23.2 Å². The molecule has 23 heavy (non-hydrogen) atoms. The molecule has 1 N–H and O–H groups in total. The summed E-state index contributed by atoms with van der Waals surface area (Å²) >= 11 is 6.01. The molecule has 0 fully saturated rings. The number of hydrogen-bond donors (Lipinski definition) is 1. The number of rotatable bonds is 3. The number of hydrogen-bond acceptors (Lipinski definition) is 2. The zero-order valence-corrected chi connectivity index (χ0v) is 14.1. The van der Waals surface area contributed by atoms with E-state index in [-0.39, 0.29) is 11.9 Å². The van der Waals surface area contributed by atoms with Gasteiger partial charge in [0.2, 0.25) is 0 Å². The molecule has 2 heterocycles. The van der Waals surface area contributed by atoms with Gasteiger partial charge in [0.1, 0.15) is 5.65 Å². The van der Waals surface area contributed by atoms with Crippen molar-refractivity contribution in [1.29, 1.82) is 0 Å². The summed E-state index contributed by atoms with van der Waals surface area (Å²) in [5, 5.41) is 3.66. The second kappa shape index (κ2) is 6.05. The predicted octanol–water partition coefficient (Wildman–Crippen LogP) is 4.10. The molecule has 1 aromatic carbocycles. The smallest absolute Gasteiger partial charge is 0.255 e. The first-order valence-corrected chi connectivity index (χ1v) is 7.85. The van der Waals surface area contributed by atoms with Gasteiger partial charge in [0.15, 0.2) is 0 Å². The van der Waals surface area contributed by atoms with Crippen LogP contribution in [0.3, 0.4) is 0 Å². The SMILES string of the molecule is Cc1cc(C)n2ccc(C(=O)NC(C)c3cccc(Cl)c3)c2n1. The van der Waals surface area contributed by atoms with Crippen LogP contribution in [-0.2, 0) is 0 Å². The van der Waals surface area contributed by atoms with Gasteiger partial charge in [-0.3, -0.25) is 4.79 Å². The van der Waals surface area contributed by atoms with Gasteiger partial charge in [-0.15, -0.1) is 0 Å². The molecule has 1 atom stereocenters. The third kappa shape index (κ3) is 3.08. The van der Waals surface area contributed by atoms with E-state index in [2.05, 4.69) is 10.3 Å². The molecule has 0 saturated carbocycles. The molecule has 0 aliphatic rings. The standard InChI is InChI=1S/C18H18ClN3O/c1-11-9-12(2)22-8-7-16(17(22)20-11)18(23)21-13(3)14-5-4-6-15(19)10-14/h4-10,13H,1-3H3,(H,21,23). The van der Waals surface area contributed by atoms with Crippen molar-refractivity contribution in [2.45, 2.75) is 26.8 Å². The van der Waals surface area contributed by atoms with E-state index in [1.165, 1.54) is 0 Å². The molecule has 5 heteroatoms. The van der Waals surface area contributed by atoms with E-state index in [9.17, 15) is 4.79 Å². The molecule has 1 unspecified atom stereocenters. The summed E-state index contributed by atoms with van der Waals surface area (Å²) in [7, 11) is 0. The number of amides is 1. The van der Waals surface area contributed by atoms with Crippen LogP contribution in [0.1, 0.15) is 40.3 Å². The number of aromatic nitrogens is 2. The van der Waals surface area contributed by atoms with Crippen molar-refractivity contribution in [3.63, 3.8) is 0 Å². The molecule has 0 bridgehead atoms. The molecule has 0 radical (unpaired) electrons. The number of carbonyl (C=O) groups is 1. The van der Waals surface area contributed by atoms with E-state index in [4.69, 9.17) is 11.6 Å². The van der Waals surface area contributed by atoms with Crippen LogP contribution < -0.4 is 5.32 Å². The van der Waals surface area contributed by atoms with Gasteiger partial charge in [0.05, 0.1) is 11.6 Å². The largest absolute Gasteiger partial charge is 0.345 e. The molecule has 0 aliphatic carbocycles. The third-order valence-corrected chi connectivity index (χ3v) is 4.12. The van der Waals surface area contributed by atoms with Crippen molar-refractivity contribution in [1.82, 2.24) is 14.7 Å². The van der Waals surface area contributed by atoms with E-state index >= 15 is 0 Å². The Hall–Kier alpha value is -2.33. The number of aryl methyl sites for hydroxylation is 2. The third-order valence-electron chi connectivity index (χ3n) is 3.88. The van der Waals surface area contributed by atoms with Gasteiger partial charge in [-0.25, -0.2) is 4.98 Å². The fraction of sp³-hybridized carbons (Fsp3) is 0.222. The van der Waals surface area contributed by atoms with Gasteiger partial charge in [-0.05, 0) is 50.6 Å². The molecule has 3 rings (SSSR count). The first kappa shape index (κ1) is 15.6. The topological polar surface area (TPSA) is 46.4 Å². The van der Waals surface area contributed by atoms with Crippen molar-refractivity contribution in [2.24, 2.45) is 0 Å². The van der Waals surface area contributed by atoms with Gasteiger partial charge in [0, 0.05) is 22.6 Å². The fourth-order valence-electron chi connectivity index (χ4n) is 2.70. The number of fused-ring (bicyclic) bond motifs is 1. The number of benzene rings is 1. The van der Waals surface area contributed by atoms with Crippen LogP contribution in [0.25, 0.3) is 5.65 Å². The molecular formula is C18H18ClN3O. The maximum atomic E-state index is 12.6. The maximum absolute atomic E-state index is 12.6. The lowest BCUT2D eigenvalue weighted by Gasteiger charge is -2.14. The summed E-state index contributed by atoms with van der Waals surface area (Å²) in [5.74, 6) is -0.141. The first-order valence-electron chi connectivity index (χ1n) is 7.47. The zero-order valence-electron chi connectivity index (χ0n) is 13.3. The van der Waals surface area contributed by atoms with E-state index in [0.29, 0.717) is 16.2 Å². The predicted molar refractivity (Wildman–Crippen MR) is 92.0 cm³/mol. The summed E-state index contributed by atoms with van der Waals surface area (Å²) in [5.41, 5.74) is 4.17. The second-order valence-electron chi connectivity index (χ2n) is 5.71. The van der Waals surface area contributed by atoms with Gasteiger partial charge in [-0.1, -0.05) is 23.7 Å². The number of carbonyl (C=O) groups excluding carboxylic acids is 1. The molecule has 3 aromatic rings. The van der Waals surface area contributed by atoms with E-state index in [0.717, 1.165) is 17.0 Å². The minimum atomic E-state index is -0.141. The quantitative estimate of drug-likeness (QED) is 0.787. The van der Waals surface area contributed by atoms with Gasteiger partial charge < -0.3 is 9.72 Å². The van der Waals surface area contributed by atoms with E-state index < -0.39 is 0 Å². The molecule has 0 spiro atoms. The average molecular weight is 328 g/mol. The van der Waals surface area contributed by atoms with Crippen LogP contribution >= 0.6 is 11.6 Å². The van der Waals surface area contributed by atoms with Crippen molar-refractivity contribution in [3.05, 3.63) is 70.1 Å². The minimum Gasteiger partial charge on any atom is -0.345 e. The van der Waals surface area contributed by atoms with E-state index in [1.54, 1.807) is 6.07 Å². The molecule has 0 aliphatic heterocycles. The Labute approximate surface area is 140 Å². The van der Waals surface area contributed by atoms with Crippen LogP contribution in [0, 0.1) is 13.8 Å². The van der Waals surface area contributed by atoms with Gasteiger partial charge in [-0.2, -0.15) is 0 Å². The number of halogens is 1. The Morgan fingerprint density at radius 3 is 2.78 bits per heavy atom. The Morgan fingerprint density at radius 2 is 2.04 bits per heavy atom. The summed E-state index contributed by atoms with van der Waals surface area (Å²) in [4.78, 5) is 17.1. The van der Waals surface area contributed by atoms with E-state index in [1.807, 2.05) is 61.7 Å². The lowest BCUT2D eigenvalue weighted by molar-refractivity contribution is 0.0941. The van der Waals surface area contributed by atoms with Crippen molar-refractivity contribution in [2.75, 3.05) is 0 Å². The molecule has 2 aromatic heterocycles. The van der Waals surface area contributed by atoms with Crippen LogP contribution in [0.2, 0.25) is 5.02 Å². The summed E-state index contributed by atoms with van der Waals surface area (Å²) in [6.45, 7) is 5.86. The highest BCUT2D eigenvalue weighted by atomic mass is 35.5. The Morgan fingerprint density at radius 1 is 1.26 bits per heavy atom. The summed E-state index contributed by atoms with van der Waals surface area (Å²) < 4.78 is 1.92. The fourth-order valence-corrected chi connectivity index (χ4v) is 2.90. The monoisotopic (exact) mass is 327 g/mol. The lowest BCUT2D eigenvalue weighted by atomic mass is 10.1. The highest BCUT2D eigenvalue weighted by molar-refractivity contribution is 6.30. The normalized spacial score (nSPS) is 12.3. The van der Waals surface area contributed by atoms with Gasteiger partial charge in [0.25, 0.3) is 5.91 Å². The maximum Gasteiger partial charge on any atom is 0.255 e.